The molecule has 0 aliphatic carbocycles. The Labute approximate surface area is 422 Å². The van der Waals surface area contributed by atoms with E-state index >= 15 is 26.3 Å². The monoisotopic (exact) mass is 1120 g/mol. The molecule has 16 nitrogen and oxygen atoms in total. The van der Waals surface area contributed by atoms with Crippen molar-refractivity contribution in [3.05, 3.63) is 106 Å². The molecule has 2 aromatic rings. The third-order valence-corrected chi connectivity index (χ3v) is 15.5. The number of imide groups is 1. The fourth-order valence-corrected chi connectivity index (χ4v) is 11.3. The molecule has 0 fully saturated rings. The van der Waals surface area contributed by atoms with Crippen molar-refractivity contribution in [3.63, 3.8) is 0 Å². The van der Waals surface area contributed by atoms with Crippen molar-refractivity contribution in [1.29, 1.82) is 0 Å². The summed E-state index contributed by atoms with van der Waals surface area (Å²) in [6, 6.07) is 0. The first-order valence-electron chi connectivity index (χ1n) is 23.3. The largest absolute Gasteiger partial charge is 0.354 e. The summed E-state index contributed by atoms with van der Waals surface area (Å²) in [7, 11) is -13.5. The second-order valence-corrected chi connectivity index (χ2v) is 23.1. The molecule has 3 heterocycles. The zero-order valence-electron chi connectivity index (χ0n) is 40.1. The number of nitrogens with one attached hydrogen (secondary N) is 1. The predicted octanol–water partition coefficient (Wildman–Crippen LogP) is 7.32. The number of anilines is 1. The number of hydrogen-bond acceptors (Lipinski definition) is 10. The van der Waals surface area contributed by atoms with E-state index in [0.717, 1.165) is 26.5 Å². The van der Waals surface area contributed by atoms with E-state index in [1.54, 1.807) is 0 Å². The highest BCUT2D eigenvalue weighted by Crippen LogP contribution is 2.54. The number of halogens is 8. The van der Waals surface area contributed by atoms with Crippen LogP contribution in [0.4, 0.5) is 46.5 Å². The minimum absolute atomic E-state index is 0.0300. The van der Waals surface area contributed by atoms with E-state index in [1.807, 2.05) is 0 Å². The molecule has 0 saturated heterocycles. The van der Waals surface area contributed by atoms with Crippen LogP contribution in [0.5, 0.6) is 0 Å². The summed E-state index contributed by atoms with van der Waals surface area (Å²) in [4.78, 5) is 38.2. The van der Waals surface area contributed by atoms with Gasteiger partial charge in [0.05, 0.1) is 33.9 Å². The van der Waals surface area contributed by atoms with Gasteiger partial charge in [-0.1, -0.05) is 37.5 Å². The molecule has 0 bridgehead atoms. The van der Waals surface area contributed by atoms with Crippen molar-refractivity contribution in [2.75, 3.05) is 48.3 Å². The van der Waals surface area contributed by atoms with Crippen LogP contribution in [0.1, 0.15) is 102 Å². The van der Waals surface area contributed by atoms with Crippen LogP contribution >= 0.6 is 0 Å². The van der Waals surface area contributed by atoms with Gasteiger partial charge in [-0.15, -0.1) is 0 Å². The molecule has 27 heteroatoms. The van der Waals surface area contributed by atoms with E-state index in [9.17, 15) is 62.1 Å². The fourth-order valence-electron chi connectivity index (χ4n) is 9.58. The van der Waals surface area contributed by atoms with Crippen LogP contribution < -0.4 is 10.2 Å². The molecule has 3 amide bonds. The van der Waals surface area contributed by atoms with Gasteiger partial charge < -0.3 is 10.2 Å². The Morgan fingerprint density at radius 1 is 0.595 bits per heavy atom. The Morgan fingerprint density at radius 3 is 1.70 bits per heavy atom. The van der Waals surface area contributed by atoms with Crippen molar-refractivity contribution < 1.29 is 93.0 Å². The van der Waals surface area contributed by atoms with Gasteiger partial charge in [0.2, 0.25) is 17.5 Å². The zero-order valence-corrected chi connectivity index (χ0v) is 42.5. The molecule has 2 aromatic carbocycles. The Bertz CT molecular complexity index is 3040. The fraction of sp³-hybridized carbons (Fsp3) is 0.489. The average Bonchev–Trinajstić information content (AvgIpc) is 3.85. The standard InChI is InChI=1S/C47H54F8N4O12S3/c1-46(20-8-4-7-17-31(60)56-22-25-59-32(61)18-19-33(59)62)29(57(23-10-13-27-73(66,67)68)44-34(46)36(48)38(50)40(52)42(44)54)15-5-3-6-16-30-47(2,21-9-12-26-72(63,64)65)35-37(49)39(51)41(53)43(55)45(35)58(30)24-11-14-28-74(69,70)71/h3,5-6,15-16,18-19H,4,7-14,17,20-28H2,1-2H3,(H3-,56,60,63,64,65,66,67,68,69,70,71)/p+1. The van der Waals surface area contributed by atoms with Gasteiger partial charge in [-0.2, -0.15) is 34.2 Å². The number of fused-ring (bicyclic) bond motifs is 2. The lowest BCUT2D eigenvalue weighted by Gasteiger charge is -2.30. The molecule has 4 N–H and O–H groups in total. The maximum absolute atomic E-state index is 16.1. The van der Waals surface area contributed by atoms with Crippen molar-refractivity contribution in [2.24, 2.45) is 0 Å². The lowest BCUT2D eigenvalue weighted by Crippen LogP contribution is -2.38. The van der Waals surface area contributed by atoms with Gasteiger partial charge in [-0.05, 0) is 64.9 Å². The van der Waals surface area contributed by atoms with Gasteiger partial charge >= 0.3 is 0 Å². The lowest BCUT2D eigenvalue weighted by molar-refractivity contribution is -0.440. The first kappa shape index (κ1) is 59.5. The van der Waals surface area contributed by atoms with Crippen LogP contribution in [0.2, 0.25) is 0 Å². The molecule has 5 rings (SSSR count). The number of rotatable bonds is 27. The summed E-state index contributed by atoms with van der Waals surface area (Å²) >= 11 is 0. The van der Waals surface area contributed by atoms with Crippen molar-refractivity contribution in [2.45, 2.75) is 102 Å². The highest BCUT2D eigenvalue weighted by molar-refractivity contribution is 7.86. The minimum Gasteiger partial charge on any atom is -0.354 e. The second kappa shape index (κ2) is 24.1. The molecule has 0 spiro atoms. The first-order valence-corrected chi connectivity index (χ1v) is 28.1. The SMILES string of the molecule is CC1(CCCCS(=O)(=O)O)C(=CC=CC=CC2=[N+](CCCCS(=O)(=O)O)c3c(F)c(F)c(F)c(F)c3C2(C)CCCCCC(=O)NCCN2C(=O)C=CC2=O)N(CCCCS(=O)(=O)O)c2c(F)c(F)c(F)c(F)c21. The molecule has 2 unspecified atom stereocenters. The lowest BCUT2D eigenvalue weighted by atomic mass is 9.74. The van der Waals surface area contributed by atoms with Gasteiger partial charge in [0.1, 0.15) is 6.54 Å². The summed E-state index contributed by atoms with van der Waals surface area (Å²) in [6.45, 7) is 1.95. The van der Waals surface area contributed by atoms with E-state index in [0.29, 0.717) is 0 Å². The van der Waals surface area contributed by atoms with Gasteiger partial charge in [-0.3, -0.25) is 32.9 Å². The van der Waals surface area contributed by atoms with E-state index < -0.39 is 145 Å². The third kappa shape index (κ3) is 13.9. The quantitative estimate of drug-likeness (QED) is 0.0100. The first-order chi connectivity index (χ1) is 34.4. The van der Waals surface area contributed by atoms with E-state index in [-0.39, 0.29) is 115 Å². The van der Waals surface area contributed by atoms with Gasteiger partial charge in [0.15, 0.2) is 40.6 Å². The molecule has 2 atom stereocenters. The van der Waals surface area contributed by atoms with Gasteiger partial charge in [0, 0.05) is 67.4 Å². The van der Waals surface area contributed by atoms with Crippen LogP contribution in [0.3, 0.4) is 0 Å². The smallest absolute Gasteiger partial charge is 0.264 e. The topological polar surface area (TPSA) is 236 Å². The van der Waals surface area contributed by atoms with Gasteiger partial charge in [-0.25, -0.2) is 30.7 Å². The highest BCUT2D eigenvalue weighted by Gasteiger charge is 2.53. The summed E-state index contributed by atoms with van der Waals surface area (Å²) in [6.07, 6.45) is 7.87. The predicted molar refractivity (Wildman–Crippen MR) is 254 cm³/mol. The van der Waals surface area contributed by atoms with Crippen molar-refractivity contribution in [3.8, 4) is 0 Å². The molecule has 3 aliphatic rings. The Hall–Kier alpha value is -5.35. The van der Waals surface area contributed by atoms with Gasteiger partial charge in [0.25, 0.3) is 47.9 Å². The molecule has 408 valence electrons. The number of carbonyl (C=O) groups is 3. The van der Waals surface area contributed by atoms with Crippen molar-refractivity contribution >= 4 is 65.2 Å². The maximum Gasteiger partial charge on any atom is 0.264 e. The normalized spacial score (nSPS) is 19.7. The Kier molecular flexibility index (Phi) is 19.4. The number of amides is 3. The van der Waals surface area contributed by atoms with E-state index in [2.05, 4.69) is 5.32 Å². The van der Waals surface area contributed by atoms with Crippen molar-refractivity contribution in [1.82, 2.24) is 10.2 Å². The number of allylic oxidation sites excluding steroid dienone is 6. The van der Waals surface area contributed by atoms with Crippen LogP contribution in [-0.2, 0) is 55.6 Å². The van der Waals surface area contributed by atoms with Crippen LogP contribution in [0.15, 0.2) is 48.2 Å². The molecule has 0 radical (unpaired) electrons. The van der Waals surface area contributed by atoms with Crippen LogP contribution in [0.25, 0.3) is 0 Å². The number of hydrogen-bond donors (Lipinski definition) is 4. The summed E-state index contributed by atoms with van der Waals surface area (Å²) in [5.74, 6) is -19.4. The minimum atomic E-state index is -4.49. The third-order valence-electron chi connectivity index (χ3n) is 13.1. The van der Waals surface area contributed by atoms with Crippen LogP contribution in [-0.4, -0.2) is 115 Å². The molecule has 0 saturated carbocycles. The summed E-state index contributed by atoms with van der Waals surface area (Å²) in [5.41, 5.74) is -6.17. The maximum atomic E-state index is 16.1. The molecule has 74 heavy (non-hydrogen) atoms. The number of unbranched alkanes of at least 4 members (excludes halogenated alkanes) is 5. The molecular formula is C47H55F8N4O12S3+. The number of nitrogens with zero attached hydrogens (tertiary/aromatic N) is 3. The number of benzene rings is 2. The Morgan fingerprint density at radius 2 is 1.11 bits per heavy atom. The second-order valence-electron chi connectivity index (χ2n) is 18.4. The number of carbonyl (C=O) groups excluding carboxylic acids is 3. The average molecular weight is 1120 g/mol. The van der Waals surface area contributed by atoms with Crippen LogP contribution in [0, 0.1) is 46.5 Å². The summed E-state index contributed by atoms with van der Waals surface area (Å²) < 4.78 is 222. The molecular weight excluding hydrogens is 1060 g/mol. The molecule has 0 aromatic heterocycles. The summed E-state index contributed by atoms with van der Waals surface area (Å²) in [5, 5.41) is 2.59. The molecule has 3 aliphatic heterocycles. The highest BCUT2D eigenvalue weighted by atomic mass is 32.2. The Balaban J connectivity index is 1.52. The van der Waals surface area contributed by atoms with E-state index in [1.165, 1.54) is 44.2 Å². The van der Waals surface area contributed by atoms with E-state index in [4.69, 9.17) is 0 Å². The zero-order chi connectivity index (χ0) is 55.1.